The normalized spacial score (nSPS) is 16.7. The van der Waals surface area contributed by atoms with Crippen LogP contribution in [0.15, 0.2) is 36.0 Å². The van der Waals surface area contributed by atoms with Gasteiger partial charge in [-0.1, -0.05) is 12.1 Å². The Hall–Kier alpha value is -2.87. The van der Waals surface area contributed by atoms with Crippen molar-refractivity contribution in [3.05, 3.63) is 58.1 Å². The second-order valence-electron chi connectivity index (χ2n) is 6.46. The highest BCUT2D eigenvalue weighted by atomic mass is 32.1. The number of amides is 1. The molecule has 1 fully saturated rings. The first-order chi connectivity index (χ1) is 13.0. The number of hydrogen-bond donors (Lipinski definition) is 1. The number of likely N-dealkylation sites (tertiary alicyclic amines) is 1. The van der Waals surface area contributed by atoms with Crippen LogP contribution in [0.1, 0.15) is 39.9 Å². The third-order valence-corrected chi connectivity index (χ3v) is 5.66. The second-order valence-corrected chi connectivity index (χ2v) is 7.32. The zero-order valence-corrected chi connectivity index (χ0v) is 15.5. The lowest BCUT2D eigenvalue weighted by Gasteiger charge is -2.25. The summed E-state index contributed by atoms with van der Waals surface area (Å²) in [6, 6.07) is 6.04. The number of benzene rings is 1. The lowest BCUT2D eigenvalue weighted by molar-refractivity contribution is 0.0737. The SMILES string of the molecule is Cc1ncsc1C(=O)N1CCC[C@@H]1c1nc(N)ncc1-c1cccc(F)c1. The topological polar surface area (TPSA) is 85.0 Å². The van der Waals surface area contributed by atoms with E-state index in [4.69, 9.17) is 5.73 Å². The molecule has 2 N–H and O–H groups in total. The minimum atomic E-state index is -0.338. The molecule has 1 aromatic carbocycles. The average Bonchev–Trinajstić information content (AvgIpc) is 3.30. The van der Waals surface area contributed by atoms with Crippen LogP contribution in [-0.4, -0.2) is 32.3 Å². The number of nitrogens with zero attached hydrogens (tertiary/aromatic N) is 4. The van der Waals surface area contributed by atoms with Crippen LogP contribution in [0.25, 0.3) is 11.1 Å². The molecule has 6 nitrogen and oxygen atoms in total. The largest absolute Gasteiger partial charge is 0.368 e. The smallest absolute Gasteiger partial charge is 0.266 e. The van der Waals surface area contributed by atoms with Gasteiger partial charge in [-0.05, 0) is 37.5 Å². The Morgan fingerprint density at radius 1 is 1.37 bits per heavy atom. The molecule has 0 saturated carbocycles. The van der Waals surface area contributed by atoms with E-state index in [1.54, 1.807) is 23.8 Å². The molecule has 0 spiro atoms. The van der Waals surface area contributed by atoms with Crippen molar-refractivity contribution in [1.29, 1.82) is 0 Å². The summed E-state index contributed by atoms with van der Waals surface area (Å²) in [5.41, 5.74) is 10.2. The van der Waals surface area contributed by atoms with Crippen molar-refractivity contribution >= 4 is 23.2 Å². The summed E-state index contributed by atoms with van der Waals surface area (Å²) in [6.07, 6.45) is 3.23. The fourth-order valence-electron chi connectivity index (χ4n) is 3.47. The predicted molar refractivity (Wildman–Crippen MR) is 102 cm³/mol. The monoisotopic (exact) mass is 383 g/mol. The van der Waals surface area contributed by atoms with Gasteiger partial charge in [-0.25, -0.2) is 19.3 Å². The van der Waals surface area contributed by atoms with Gasteiger partial charge in [-0.2, -0.15) is 0 Å². The molecule has 1 saturated heterocycles. The van der Waals surface area contributed by atoms with Gasteiger partial charge in [0.1, 0.15) is 10.7 Å². The maximum atomic E-state index is 13.7. The maximum absolute atomic E-state index is 13.7. The van der Waals surface area contributed by atoms with Gasteiger partial charge in [0.15, 0.2) is 0 Å². The number of aryl methyl sites for hydroxylation is 1. The number of anilines is 1. The van der Waals surface area contributed by atoms with Gasteiger partial charge in [-0.3, -0.25) is 4.79 Å². The van der Waals surface area contributed by atoms with Crippen molar-refractivity contribution in [2.24, 2.45) is 0 Å². The van der Waals surface area contributed by atoms with E-state index >= 15 is 0 Å². The van der Waals surface area contributed by atoms with Gasteiger partial charge < -0.3 is 10.6 Å². The number of halogens is 1. The fraction of sp³-hybridized carbons (Fsp3) is 0.263. The number of rotatable bonds is 3. The molecule has 0 radical (unpaired) electrons. The third-order valence-electron chi connectivity index (χ3n) is 4.74. The van der Waals surface area contributed by atoms with E-state index in [9.17, 15) is 9.18 Å². The first-order valence-electron chi connectivity index (χ1n) is 8.64. The molecule has 4 rings (SSSR count). The first-order valence-corrected chi connectivity index (χ1v) is 9.52. The van der Waals surface area contributed by atoms with Crippen LogP contribution in [0.2, 0.25) is 0 Å². The van der Waals surface area contributed by atoms with Crippen molar-refractivity contribution in [1.82, 2.24) is 19.9 Å². The Morgan fingerprint density at radius 3 is 2.96 bits per heavy atom. The van der Waals surface area contributed by atoms with Crippen molar-refractivity contribution in [3.63, 3.8) is 0 Å². The number of thiazole rings is 1. The summed E-state index contributed by atoms with van der Waals surface area (Å²) in [6.45, 7) is 2.46. The molecule has 138 valence electrons. The van der Waals surface area contributed by atoms with Gasteiger partial charge >= 0.3 is 0 Å². The Labute approximate surface area is 159 Å². The van der Waals surface area contributed by atoms with Gasteiger partial charge in [0.25, 0.3) is 5.91 Å². The van der Waals surface area contributed by atoms with E-state index in [1.165, 1.54) is 23.5 Å². The molecule has 3 heterocycles. The van der Waals surface area contributed by atoms with Crippen LogP contribution in [0.5, 0.6) is 0 Å². The molecule has 3 aromatic rings. The minimum absolute atomic E-state index is 0.0557. The fourth-order valence-corrected chi connectivity index (χ4v) is 4.23. The van der Waals surface area contributed by atoms with Crippen LogP contribution in [-0.2, 0) is 0 Å². The first kappa shape index (κ1) is 17.5. The molecule has 27 heavy (non-hydrogen) atoms. The number of carbonyl (C=O) groups excluding carboxylic acids is 1. The number of nitrogens with two attached hydrogens (primary N) is 1. The van der Waals surface area contributed by atoms with Crippen LogP contribution in [0.3, 0.4) is 0 Å². The van der Waals surface area contributed by atoms with Crippen LogP contribution in [0, 0.1) is 12.7 Å². The van der Waals surface area contributed by atoms with Gasteiger partial charge in [-0.15, -0.1) is 11.3 Å². The van der Waals surface area contributed by atoms with Crippen LogP contribution in [0.4, 0.5) is 10.3 Å². The van der Waals surface area contributed by atoms with E-state index in [0.717, 1.165) is 18.5 Å². The van der Waals surface area contributed by atoms with Crippen molar-refractivity contribution in [3.8, 4) is 11.1 Å². The summed E-state index contributed by atoms with van der Waals surface area (Å²) in [5.74, 6) is -0.256. The highest BCUT2D eigenvalue weighted by Gasteiger charge is 2.34. The Morgan fingerprint density at radius 2 is 2.22 bits per heavy atom. The highest BCUT2D eigenvalue weighted by molar-refractivity contribution is 7.11. The minimum Gasteiger partial charge on any atom is -0.368 e. The Balaban J connectivity index is 1.77. The summed E-state index contributed by atoms with van der Waals surface area (Å²) in [5, 5.41) is 0. The van der Waals surface area contributed by atoms with Gasteiger partial charge in [0, 0.05) is 18.3 Å². The number of nitrogen functional groups attached to an aromatic ring is 1. The van der Waals surface area contributed by atoms with Crippen molar-refractivity contribution < 1.29 is 9.18 Å². The summed E-state index contributed by atoms with van der Waals surface area (Å²) >= 11 is 1.34. The number of aromatic nitrogens is 3. The molecular weight excluding hydrogens is 365 g/mol. The highest BCUT2D eigenvalue weighted by Crippen LogP contribution is 2.38. The zero-order chi connectivity index (χ0) is 19.0. The average molecular weight is 383 g/mol. The van der Waals surface area contributed by atoms with E-state index in [-0.39, 0.29) is 23.7 Å². The van der Waals surface area contributed by atoms with Crippen LogP contribution < -0.4 is 5.73 Å². The predicted octanol–water partition coefficient (Wildman–Crippen LogP) is 3.61. The molecular formula is C19H18FN5OS. The third kappa shape index (κ3) is 3.28. The van der Waals surface area contributed by atoms with Gasteiger partial charge in [0.2, 0.25) is 5.95 Å². The van der Waals surface area contributed by atoms with Gasteiger partial charge in [0.05, 0.1) is 22.9 Å². The number of carbonyl (C=O) groups is 1. The molecule has 0 unspecified atom stereocenters. The lowest BCUT2D eigenvalue weighted by atomic mass is 9.99. The quantitative estimate of drug-likeness (QED) is 0.747. The summed E-state index contributed by atoms with van der Waals surface area (Å²) in [4.78, 5) is 28.2. The molecule has 1 amide bonds. The molecule has 1 aliphatic heterocycles. The maximum Gasteiger partial charge on any atom is 0.266 e. The van der Waals surface area contributed by atoms with Crippen LogP contribution >= 0.6 is 11.3 Å². The lowest BCUT2D eigenvalue weighted by Crippen LogP contribution is -2.31. The van der Waals surface area contributed by atoms with E-state index in [0.29, 0.717) is 28.2 Å². The van der Waals surface area contributed by atoms with E-state index < -0.39 is 0 Å². The van der Waals surface area contributed by atoms with E-state index in [1.807, 2.05) is 11.8 Å². The van der Waals surface area contributed by atoms with E-state index in [2.05, 4.69) is 15.0 Å². The Bertz CT molecular complexity index is 1010. The standard InChI is InChI=1S/C19H18FN5OS/c1-11-17(27-10-23-11)18(26)25-7-3-6-15(25)16-14(9-22-19(21)24-16)12-4-2-5-13(20)8-12/h2,4-5,8-10,15H,3,6-7H2,1H3,(H2,21,22,24)/t15-/m1/s1. The number of hydrogen-bond acceptors (Lipinski definition) is 6. The second kappa shape index (κ2) is 7.03. The van der Waals surface area contributed by atoms with Crippen molar-refractivity contribution in [2.45, 2.75) is 25.8 Å². The zero-order valence-electron chi connectivity index (χ0n) is 14.7. The Kier molecular flexibility index (Phi) is 4.57. The van der Waals surface area contributed by atoms with Crippen molar-refractivity contribution in [2.75, 3.05) is 12.3 Å². The molecule has 1 aliphatic rings. The molecule has 8 heteroatoms. The molecule has 0 bridgehead atoms. The molecule has 1 atom stereocenters. The summed E-state index contributed by atoms with van der Waals surface area (Å²) in [7, 11) is 0. The molecule has 0 aliphatic carbocycles. The molecule has 2 aromatic heterocycles. The summed E-state index contributed by atoms with van der Waals surface area (Å²) < 4.78 is 13.7.